The summed E-state index contributed by atoms with van der Waals surface area (Å²) >= 11 is 0. The number of nitro benzene ring substituents is 1. The van der Waals surface area contributed by atoms with Crippen molar-refractivity contribution in [2.24, 2.45) is 0 Å². The highest BCUT2D eigenvalue weighted by Crippen LogP contribution is 2.13. The first kappa shape index (κ1) is 14.8. The Labute approximate surface area is 131 Å². The van der Waals surface area contributed by atoms with Crippen LogP contribution in [0.25, 0.3) is 5.65 Å². The summed E-state index contributed by atoms with van der Waals surface area (Å²) in [5.74, 6) is 0.722. The molecule has 0 fully saturated rings. The van der Waals surface area contributed by atoms with Gasteiger partial charge in [0.25, 0.3) is 5.69 Å². The quantitative estimate of drug-likeness (QED) is 0.402. The van der Waals surface area contributed by atoms with Crippen molar-refractivity contribution in [2.45, 2.75) is 19.3 Å². The van der Waals surface area contributed by atoms with Crippen LogP contribution in [0.1, 0.15) is 18.4 Å². The minimum atomic E-state index is -0.387. The standard InChI is InChI=1S/C14H15N7O2/c22-21(23)12-6-4-11(5-7-12)3-1-2-10-15-13-8-9-14-16-18-19-20(14)17-13/h4-9H,1-3,10H2,(H,15,17). The molecule has 0 spiro atoms. The number of non-ortho nitro benzene ring substituents is 1. The van der Waals surface area contributed by atoms with E-state index in [1.807, 2.05) is 6.07 Å². The zero-order valence-electron chi connectivity index (χ0n) is 12.3. The first-order valence-corrected chi connectivity index (χ1v) is 7.25. The van der Waals surface area contributed by atoms with Crippen molar-refractivity contribution in [2.75, 3.05) is 11.9 Å². The molecule has 0 aliphatic carbocycles. The molecule has 0 unspecified atom stereocenters. The van der Waals surface area contributed by atoms with E-state index >= 15 is 0 Å². The number of anilines is 1. The average molecular weight is 313 g/mol. The molecule has 1 N–H and O–H groups in total. The van der Waals surface area contributed by atoms with E-state index < -0.39 is 0 Å². The molecular formula is C14H15N7O2. The maximum absolute atomic E-state index is 10.6. The van der Waals surface area contributed by atoms with Crippen LogP contribution in [0.15, 0.2) is 36.4 Å². The smallest absolute Gasteiger partial charge is 0.269 e. The van der Waals surface area contributed by atoms with Crippen LogP contribution in [0.5, 0.6) is 0 Å². The Kier molecular flexibility index (Phi) is 4.37. The Bertz CT molecular complexity index is 800. The maximum atomic E-state index is 10.6. The van der Waals surface area contributed by atoms with Crippen molar-refractivity contribution >= 4 is 17.2 Å². The zero-order chi connectivity index (χ0) is 16.1. The normalized spacial score (nSPS) is 10.8. The molecule has 0 saturated carbocycles. The van der Waals surface area contributed by atoms with E-state index in [-0.39, 0.29) is 10.6 Å². The number of hydrogen-bond acceptors (Lipinski definition) is 7. The third-order valence-corrected chi connectivity index (χ3v) is 3.42. The molecule has 2 aromatic heterocycles. The lowest BCUT2D eigenvalue weighted by atomic mass is 10.1. The van der Waals surface area contributed by atoms with Crippen molar-refractivity contribution in [1.82, 2.24) is 25.3 Å². The van der Waals surface area contributed by atoms with E-state index in [9.17, 15) is 10.1 Å². The van der Waals surface area contributed by atoms with E-state index in [4.69, 9.17) is 0 Å². The number of nitrogens with one attached hydrogen (secondary N) is 1. The molecular weight excluding hydrogens is 298 g/mol. The van der Waals surface area contributed by atoms with Crippen molar-refractivity contribution < 1.29 is 4.92 Å². The fourth-order valence-electron chi connectivity index (χ4n) is 2.20. The highest BCUT2D eigenvalue weighted by atomic mass is 16.6. The molecule has 23 heavy (non-hydrogen) atoms. The molecule has 0 amide bonds. The number of rotatable bonds is 7. The second kappa shape index (κ2) is 6.77. The molecule has 0 aliphatic heterocycles. The van der Waals surface area contributed by atoms with Crippen LogP contribution in [0, 0.1) is 10.1 Å². The lowest BCUT2D eigenvalue weighted by Crippen LogP contribution is -2.06. The Balaban J connectivity index is 1.42. The second-order valence-electron chi connectivity index (χ2n) is 5.05. The van der Waals surface area contributed by atoms with Gasteiger partial charge < -0.3 is 5.32 Å². The van der Waals surface area contributed by atoms with Crippen LogP contribution >= 0.6 is 0 Å². The van der Waals surface area contributed by atoms with Gasteiger partial charge in [0.15, 0.2) is 5.65 Å². The first-order valence-electron chi connectivity index (χ1n) is 7.25. The van der Waals surface area contributed by atoms with Crippen molar-refractivity contribution in [3.8, 4) is 0 Å². The molecule has 0 bridgehead atoms. The molecule has 2 heterocycles. The van der Waals surface area contributed by atoms with Gasteiger partial charge in [-0.15, -0.1) is 14.8 Å². The van der Waals surface area contributed by atoms with E-state index in [0.29, 0.717) is 5.65 Å². The molecule has 0 radical (unpaired) electrons. The second-order valence-corrected chi connectivity index (χ2v) is 5.05. The van der Waals surface area contributed by atoms with Crippen LogP contribution in [-0.2, 0) is 6.42 Å². The fourth-order valence-corrected chi connectivity index (χ4v) is 2.20. The highest BCUT2D eigenvalue weighted by Gasteiger charge is 2.04. The Morgan fingerprint density at radius 3 is 2.74 bits per heavy atom. The Morgan fingerprint density at radius 1 is 1.13 bits per heavy atom. The number of unbranched alkanes of at least 4 members (excludes halogenated alkanes) is 1. The summed E-state index contributed by atoms with van der Waals surface area (Å²) in [6.45, 7) is 0.785. The van der Waals surface area contributed by atoms with Gasteiger partial charge in [-0.1, -0.05) is 12.1 Å². The van der Waals surface area contributed by atoms with Crippen LogP contribution in [0.4, 0.5) is 11.5 Å². The third kappa shape index (κ3) is 3.76. The molecule has 3 aromatic rings. The van der Waals surface area contributed by atoms with Gasteiger partial charge in [-0.25, -0.2) is 0 Å². The largest absolute Gasteiger partial charge is 0.369 e. The molecule has 9 heteroatoms. The predicted octanol–water partition coefficient (Wildman–Crippen LogP) is 1.86. The van der Waals surface area contributed by atoms with Crippen LogP contribution in [0.3, 0.4) is 0 Å². The summed E-state index contributed by atoms with van der Waals surface area (Å²) in [4.78, 5) is 10.2. The van der Waals surface area contributed by atoms with Crippen LogP contribution in [-0.4, -0.2) is 36.7 Å². The van der Waals surface area contributed by atoms with E-state index in [1.54, 1.807) is 30.3 Å². The summed E-state index contributed by atoms with van der Waals surface area (Å²) in [6, 6.07) is 10.3. The number of aromatic nitrogens is 5. The molecule has 0 atom stereocenters. The summed E-state index contributed by atoms with van der Waals surface area (Å²) in [5.41, 5.74) is 1.83. The topological polar surface area (TPSA) is 111 Å². The zero-order valence-corrected chi connectivity index (χ0v) is 12.3. The summed E-state index contributed by atoms with van der Waals surface area (Å²) < 4.78 is 1.37. The van der Waals surface area contributed by atoms with E-state index in [0.717, 1.165) is 37.2 Å². The summed E-state index contributed by atoms with van der Waals surface area (Å²) in [5, 5.41) is 29.1. The monoisotopic (exact) mass is 313 g/mol. The maximum Gasteiger partial charge on any atom is 0.269 e. The molecule has 9 nitrogen and oxygen atoms in total. The van der Waals surface area contributed by atoms with Gasteiger partial charge >= 0.3 is 0 Å². The van der Waals surface area contributed by atoms with Gasteiger partial charge in [-0.05, 0) is 47.4 Å². The average Bonchev–Trinajstić information content (AvgIpc) is 3.02. The van der Waals surface area contributed by atoms with Crippen LogP contribution < -0.4 is 5.32 Å². The molecule has 1 aromatic carbocycles. The summed E-state index contributed by atoms with van der Waals surface area (Å²) in [7, 11) is 0. The first-order chi connectivity index (χ1) is 11.2. The van der Waals surface area contributed by atoms with E-state index in [1.165, 1.54) is 4.63 Å². The van der Waals surface area contributed by atoms with Gasteiger partial charge in [0.1, 0.15) is 5.82 Å². The van der Waals surface area contributed by atoms with Gasteiger partial charge in [0, 0.05) is 18.7 Å². The van der Waals surface area contributed by atoms with Gasteiger partial charge in [-0.2, -0.15) is 0 Å². The minimum Gasteiger partial charge on any atom is -0.369 e. The van der Waals surface area contributed by atoms with E-state index in [2.05, 4.69) is 25.9 Å². The Morgan fingerprint density at radius 2 is 1.96 bits per heavy atom. The minimum absolute atomic E-state index is 0.125. The number of aryl methyl sites for hydroxylation is 1. The van der Waals surface area contributed by atoms with Crippen LogP contribution in [0.2, 0.25) is 0 Å². The number of fused-ring (bicyclic) bond motifs is 1. The summed E-state index contributed by atoms with van der Waals surface area (Å²) in [6.07, 6.45) is 2.84. The van der Waals surface area contributed by atoms with Crippen molar-refractivity contribution in [1.29, 1.82) is 0 Å². The number of nitro groups is 1. The number of benzene rings is 1. The molecule has 0 aliphatic rings. The number of nitrogens with zero attached hydrogens (tertiary/aromatic N) is 6. The van der Waals surface area contributed by atoms with Gasteiger partial charge in [0.05, 0.1) is 4.92 Å². The number of tetrazole rings is 1. The third-order valence-electron chi connectivity index (χ3n) is 3.42. The van der Waals surface area contributed by atoms with Crippen molar-refractivity contribution in [3.05, 3.63) is 52.1 Å². The van der Waals surface area contributed by atoms with Gasteiger partial charge in [-0.3, -0.25) is 10.1 Å². The molecule has 118 valence electrons. The lowest BCUT2D eigenvalue weighted by Gasteiger charge is -2.05. The highest BCUT2D eigenvalue weighted by molar-refractivity contribution is 5.41. The van der Waals surface area contributed by atoms with Gasteiger partial charge in [0.2, 0.25) is 0 Å². The SMILES string of the molecule is O=[N+]([O-])c1ccc(CCCCNc2ccc3nnnn3n2)cc1. The van der Waals surface area contributed by atoms with Crippen molar-refractivity contribution in [3.63, 3.8) is 0 Å². The molecule has 3 rings (SSSR count). The molecule has 0 saturated heterocycles. The number of hydrogen-bond donors (Lipinski definition) is 1. The predicted molar refractivity (Wildman–Crippen MR) is 83.1 cm³/mol. The lowest BCUT2D eigenvalue weighted by molar-refractivity contribution is -0.384. The Hall–Kier alpha value is -3.10. The fraction of sp³-hybridized carbons (Fsp3) is 0.286.